The number of hydrogen-bond donors (Lipinski definition) is 2. The van der Waals surface area contributed by atoms with E-state index >= 15 is 0 Å². The monoisotopic (exact) mass is 342 g/mol. The van der Waals surface area contributed by atoms with Crippen molar-refractivity contribution in [3.8, 4) is 5.69 Å². The van der Waals surface area contributed by atoms with Gasteiger partial charge in [0.2, 0.25) is 0 Å². The normalized spacial score (nSPS) is 20.6. The van der Waals surface area contributed by atoms with Crippen molar-refractivity contribution in [2.45, 2.75) is 39.7 Å². The smallest absolute Gasteiger partial charge is 0.323 e. The zero-order valence-corrected chi connectivity index (χ0v) is 15.1. The van der Waals surface area contributed by atoms with E-state index in [1.165, 1.54) is 5.56 Å². The highest BCUT2D eigenvalue weighted by atomic mass is 16.3. The van der Waals surface area contributed by atoms with Crippen LogP contribution in [0.15, 0.2) is 30.3 Å². The average molecular weight is 342 g/mol. The van der Waals surface area contributed by atoms with E-state index in [2.05, 4.69) is 10.4 Å². The van der Waals surface area contributed by atoms with E-state index in [9.17, 15) is 9.90 Å². The molecule has 0 spiro atoms. The Hall–Kier alpha value is -2.34. The quantitative estimate of drug-likeness (QED) is 0.900. The van der Waals surface area contributed by atoms with Crippen LogP contribution in [0.4, 0.5) is 10.6 Å². The summed E-state index contributed by atoms with van der Waals surface area (Å²) in [6, 6.07) is 10.00. The molecule has 6 heteroatoms. The fourth-order valence-electron chi connectivity index (χ4n) is 3.28. The minimum absolute atomic E-state index is 0.123. The summed E-state index contributed by atoms with van der Waals surface area (Å²) in [6.45, 7) is 6.76. The van der Waals surface area contributed by atoms with E-state index in [1.807, 2.05) is 55.8 Å². The van der Waals surface area contributed by atoms with E-state index in [-0.39, 0.29) is 24.6 Å². The highest BCUT2D eigenvalue weighted by Crippen LogP contribution is 2.23. The van der Waals surface area contributed by atoms with E-state index in [0.29, 0.717) is 12.4 Å². The number of anilines is 1. The Morgan fingerprint density at radius 1 is 1.28 bits per heavy atom. The van der Waals surface area contributed by atoms with Gasteiger partial charge in [0.1, 0.15) is 0 Å². The number of amides is 2. The molecule has 2 amide bonds. The Morgan fingerprint density at radius 2 is 2.00 bits per heavy atom. The van der Waals surface area contributed by atoms with Crippen molar-refractivity contribution in [2.24, 2.45) is 5.92 Å². The van der Waals surface area contributed by atoms with Gasteiger partial charge < -0.3 is 10.0 Å². The predicted molar refractivity (Wildman–Crippen MR) is 98.0 cm³/mol. The number of benzene rings is 1. The minimum Gasteiger partial charge on any atom is -0.396 e. The van der Waals surface area contributed by atoms with Gasteiger partial charge in [-0.2, -0.15) is 0 Å². The molecule has 0 saturated carbocycles. The third-order valence-corrected chi connectivity index (χ3v) is 4.90. The number of aromatic nitrogens is 2. The summed E-state index contributed by atoms with van der Waals surface area (Å²) in [5.41, 5.74) is 3.12. The molecule has 3 rings (SSSR count). The zero-order chi connectivity index (χ0) is 18.0. The topological polar surface area (TPSA) is 70.4 Å². The largest absolute Gasteiger partial charge is 0.396 e. The van der Waals surface area contributed by atoms with Crippen LogP contribution in [0.1, 0.15) is 31.0 Å². The second-order valence-electron chi connectivity index (χ2n) is 6.98. The number of hydrogen-bond acceptors (Lipinski definition) is 3. The second-order valence-corrected chi connectivity index (χ2v) is 6.98. The molecule has 1 aliphatic rings. The molecular formula is C19H26N4O2. The first-order valence-corrected chi connectivity index (χ1v) is 8.80. The third-order valence-electron chi connectivity index (χ3n) is 4.90. The van der Waals surface area contributed by atoms with Crippen LogP contribution < -0.4 is 5.32 Å². The maximum absolute atomic E-state index is 12.6. The molecule has 2 unspecified atom stereocenters. The molecule has 25 heavy (non-hydrogen) atoms. The summed E-state index contributed by atoms with van der Waals surface area (Å²) in [6.07, 6.45) is 1.87. The summed E-state index contributed by atoms with van der Waals surface area (Å²) in [5.74, 6) is 0.704. The van der Waals surface area contributed by atoms with Crippen LogP contribution in [0.2, 0.25) is 0 Å². The predicted octanol–water partition coefficient (Wildman–Crippen LogP) is 3.11. The summed E-state index contributed by atoms with van der Waals surface area (Å²) < 4.78 is 1.82. The first-order valence-electron chi connectivity index (χ1n) is 8.80. The number of rotatable bonds is 3. The van der Waals surface area contributed by atoms with Crippen molar-refractivity contribution in [1.29, 1.82) is 0 Å². The van der Waals surface area contributed by atoms with Crippen LogP contribution in [0, 0.1) is 19.8 Å². The standard InChI is InChI=1S/C19H26N4O2/c1-13-4-8-17(9-5-13)23-15(3)10-18(21-23)20-19(25)22-11-16(12-24)7-6-14(22)2/h4-5,8-10,14,16,24H,6-7,11-12H2,1-3H3,(H,20,21,25). The molecule has 6 nitrogen and oxygen atoms in total. The van der Waals surface area contributed by atoms with Gasteiger partial charge in [-0.15, -0.1) is 5.10 Å². The zero-order valence-electron chi connectivity index (χ0n) is 15.1. The highest BCUT2D eigenvalue weighted by Gasteiger charge is 2.29. The Kier molecular flexibility index (Phi) is 5.08. The van der Waals surface area contributed by atoms with Crippen molar-refractivity contribution < 1.29 is 9.90 Å². The van der Waals surface area contributed by atoms with Crippen molar-refractivity contribution in [2.75, 3.05) is 18.5 Å². The van der Waals surface area contributed by atoms with Crippen LogP contribution >= 0.6 is 0 Å². The lowest BCUT2D eigenvalue weighted by Crippen LogP contribution is -2.48. The molecule has 0 radical (unpaired) electrons. The number of carbonyl (C=O) groups is 1. The van der Waals surface area contributed by atoms with Gasteiger partial charge in [-0.3, -0.25) is 5.32 Å². The van der Waals surface area contributed by atoms with E-state index in [1.54, 1.807) is 4.90 Å². The summed E-state index contributed by atoms with van der Waals surface area (Å²) in [7, 11) is 0. The van der Waals surface area contributed by atoms with Gasteiger partial charge in [0.15, 0.2) is 5.82 Å². The number of urea groups is 1. The highest BCUT2D eigenvalue weighted by molar-refractivity contribution is 5.88. The molecule has 0 aliphatic carbocycles. The van der Waals surface area contributed by atoms with E-state index in [4.69, 9.17) is 0 Å². The van der Waals surface area contributed by atoms with Gasteiger partial charge in [0, 0.05) is 31.0 Å². The number of piperidine rings is 1. The minimum atomic E-state index is -0.154. The number of aliphatic hydroxyl groups excluding tert-OH is 1. The lowest BCUT2D eigenvalue weighted by molar-refractivity contribution is 0.107. The molecule has 2 aromatic rings. The number of aliphatic hydroxyl groups is 1. The van der Waals surface area contributed by atoms with Gasteiger partial charge in [0.05, 0.1) is 5.69 Å². The van der Waals surface area contributed by atoms with Crippen molar-refractivity contribution in [1.82, 2.24) is 14.7 Å². The van der Waals surface area contributed by atoms with Gasteiger partial charge in [0.25, 0.3) is 0 Å². The number of carbonyl (C=O) groups excluding carboxylic acids is 1. The Morgan fingerprint density at radius 3 is 2.68 bits per heavy atom. The molecule has 2 heterocycles. The number of aryl methyl sites for hydroxylation is 2. The molecular weight excluding hydrogens is 316 g/mol. The van der Waals surface area contributed by atoms with E-state index < -0.39 is 0 Å². The van der Waals surface area contributed by atoms with Gasteiger partial charge in [-0.25, -0.2) is 9.48 Å². The third kappa shape index (κ3) is 3.85. The molecule has 2 atom stereocenters. The number of likely N-dealkylation sites (tertiary alicyclic amines) is 1. The van der Waals surface area contributed by atoms with Crippen LogP contribution in [0.5, 0.6) is 0 Å². The van der Waals surface area contributed by atoms with E-state index in [0.717, 1.165) is 24.2 Å². The van der Waals surface area contributed by atoms with Gasteiger partial charge in [-0.1, -0.05) is 17.7 Å². The van der Waals surface area contributed by atoms with Crippen molar-refractivity contribution in [3.63, 3.8) is 0 Å². The Balaban J connectivity index is 1.73. The summed E-state index contributed by atoms with van der Waals surface area (Å²) in [4.78, 5) is 14.4. The fourth-order valence-corrected chi connectivity index (χ4v) is 3.28. The van der Waals surface area contributed by atoms with Crippen LogP contribution in [-0.4, -0.2) is 45.0 Å². The lowest BCUT2D eigenvalue weighted by atomic mass is 9.94. The van der Waals surface area contributed by atoms with Crippen LogP contribution in [0.3, 0.4) is 0 Å². The molecule has 1 aromatic heterocycles. The van der Waals surface area contributed by atoms with Crippen molar-refractivity contribution in [3.05, 3.63) is 41.6 Å². The molecule has 1 saturated heterocycles. The molecule has 0 bridgehead atoms. The average Bonchev–Trinajstić information content (AvgIpc) is 2.96. The maximum Gasteiger partial charge on any atom is 0.323 e. The summed E-state index contributed by atoms with van der Waals surface area (Å²) >= 11 is 0. The molecule has 1 fully saturated rings. The van der Waals surface area contributed by atoms with Crippen LogP contribution in [0.25, 0.3) is 5.69 Å². The molecule has 2 N–H and O–H groups in total. The van der Waals surface area contributed by atoms with Gasteiger partial charge >= 0.3 is 6.03 Å². The molecule has 1 aliphatic heterocycles. The number of nitrogens with zero attached hydrogens (tertiary/aromatic N) is 3. The van der Waals surface area contributed by atoms with Crippen molar-refractivity contribution >= 4 is 11.8 Å². The fraction of sp³-hybridized carbons (Fsp3) is 0.474. The molecule has 1 aromatic carbocycles. The SMILES string of the molecule is Cc1ccc(-n2nc(NC(=O)N3CC(CO)CCC3C)cc2C)cc1. The Bertz CT molecular complexity index is 738. The maximum atomic E-state index is 12.6. The lowest BCUT2D eigenvalue weighted by Gasteiger charge is -2.37. The first kappa shape index (κ1) is 17.5. The first-order chi connectivity index (χ1) is 12.0. The number of nitrogens with one attached hydrogen (secondary N) is 1. The molecule has 134 valence electrons. The van der Waals surface area contributed by atoms with Crippen LogP contribution in [-0.2, 0) is 0 Å². The summed E-state index contributed by atoms with van der Waals surface area (Å²) in [5, 5.41) is 16.8. The second kappa shape index (κ2) is 7.27. The Labute approximate surface area is 148 Å². The van der Waals surface area contributed by atoms with Gasteiger partial charge in [-0.05, 0) is 51.7 Å².